The van der Waals surface area contributed by atoms with Gasteiger partial charge in [0.1, 0.15) is 11.0 Å². The fourth-order valence-electron chi connectivity index (χ4n) is 2.84. The standard InChI is InChI=1S/C19H22N2O4S/c1-20(2)15-6-4-14(5-7-15)19(22)21-12-18(13-21)26(23,24)17-10-8-16(25-3)9-11-17/h4-11,18H,12-13H2,1-3H3. The molecule has 1 saturated heterocycles. The number of amides is 1. The molecule has 1 amide bonds. The zero-order valence-electron chi connectivity index (χ0n) is 15.0. The van der Waals surface area contributed by atoms with Crippen molar-refractivity contribution in [2.75, 3.05) is 39.2 Å². The van der Waals surface area contributed by atoms with Gasteiger partial charge in [-0.25, -0.2) is 8.42 Å². The van der Waals surface area contributed by atoms with Crippen LogP contribution >= 0.6 is 0 Å². The van der Waals surface area contributed by atoms with E-state index in [-0.39, 0.29) is 23.9 Å². The van der Waals surface area contributed by atoms with Gasteiger partial charge in [0, 0.05) is 38.4 Å². The van der Waals surface area contributed by atoms with Gasteiger partial charge in [-0.2, -0.15) is 0 Å². The monoisotopic (exact) mass is 374 g/mol. The van der Waals surface area contributed by atoms with E-state index in [0.717, 1.165) is 5.69 Å². The minimum absolute atomic E-state index is 0.142. The van der Waals surface area contributed by atoms with Crippen LogP contribution in [0.3, 0.4) is 0 Å². The molecule has 1 aliphatic rings. The number of ether oxygens (including phenoxy) is 1. The van der Waals surface area contributed by atoms with Crippen molar-refractivity contribution < 1.29 is 17.9 Å². The number of hydrogen-bond acceptors (Lipinski definition) is 5. The number of likely N-dealkylation sites (tertiary alicyclic amines) is 1. The Morgan fingerprint density at radius 1 is 1.04 bits per heavy atom. The van der Waals surface area contributed by atoms with Crippen molar-refractivity contribution in [2.24, 2.45) is 0 Å². The van der Waals surface area contributed by atoms with Crippen LogP contribution < -0.4 is 9.64 Å². The van der Waals surface area contributed by atoms with E-state index in [0.29, 0.717) is 11.3 Å². The first-order valence-electron chi connectivity index (χ1n) is 8.27. The minimum Gasteiger partial charge on any atom is -0.497 e. The Labute approximate surface area is 153 Å². The summed E-state index contributed by atoms with van der Waals surface area (Å²) in [5, 5.41) is -0.569. The largest absolute Gasteiger partial charge is 0.497 e. The number of sulfone groups is 1. The van der Waals surface area contributed by atoms with Gasteiger partial charge in [0.2, 0.25) is 0 Å². The summed E-state index contributed by atoms with van der Waals surface area (Å²) in [6.07, 6.45) is 0. The minimum atomic E-state index is -3.45. The first kappa shape index (κ1) is 18.3. The van der Waals surface area contributed by atoms with Gasteiger partial charge in [-0.05, 0) is 48.5 Å². The Morgan fingerprint density at radius 2 is 1.62 bits per heavy atom. The molecule has 0 aromatic heterocycles. The van der Waals surface area contributed by atoms with Crippen LogP contribution in [0.15, 0.2) is 53.4 Å². The third-order valence-corrected chi connectivity index (χ3v) is 6.70. The third-order valence-electron chi connectivity index (χ3n) is 4.59. The van der Waals surface area contributed by atoms with Gasteiger partial charge >= 0.3 is 0 Å². The van der Waals surface area contributed by atoms with Crippen LogP contribution in [0.4, 0.5) is 5.69 Å². The predicted octanol–water partition coefficient (Wildman–Crippen LogP) is 2.06. The van der Waals surface area contributed by atoms with E-state index in [1.807, 2.05) is 31.1 Å². The maximum absolute atomic E-state index is 12.7. The molecule has 0 radical (unpaired) electrons. The van der Waals surface area contributed by atoms with Gasteiger partial charge < -0.3 is 14.5 Å². The molecule has 2 aromatic carbocycles. The number of anilines is 1. The first-order valence-corrected chi connectivity index (χ1v) is 9.82. The molecule has 7 heteroatoms. The van der Waals surface area contributed by atoms with E-state index < -0.39 is 15.1 Å². The number of benzene rings is 2. The average Bonchev–Trinajstić information content (AvgIpc) is 2.60. The molecule has 0 atom stereocenters. The van der Waals surface area contributed by atoms with Crippen LogP contribution in [0.25, 0.3) is 0 Å². The molecule has 3 rings (SSSR count). The maximum Gasteiger partial charge on any atom is 0.253 e. The number of methoxy groups -OCH3 is 1. The first-order chi connectivity index (χ1) is 12.3. The lowest BCUT2D eigenvalue weighted by Gasteiger charge is -2.38. The summed E-state index contributed by atoms with van der Waals surface area (Å²) in [7, 11) is 1.94. The van der Waals surface area contributed by atoms with Crippen LogP contribution in [-0.2, 0) is 9.84 Å². The lowest BCUT2D eigenvalue weighted by molar-refractivity contribution is 0.0659. The SMILES string of the molecule is COc1ccc(S(=O)(=O)C2CN(C(=O)c3ccc(N(C)C)cc3)C2)cc1. The van der Waals surface area contributed by atoms with Gasteiger partial charge in [-0.1, -0.05) is 0 Å². The summed E-state index contributed by atoms with van der Waals surface area (Å²) in [5.74, 6) is 0.465. The van der Waals surface area contributed by atoms with Gasteiger partial charge in [0.25, 0.3) is 5.91 Å². The Balaban J connectivity index is 1.66. The highest BCUT2D eigenvalue weighted by molar-refractivity contribution is 7.92. The Hall–Kier alpha value is -2.54. The molecule has 0 saturated carbocycles. The smallest absolute Gasteiger partial charge is 0.253 e. The fraction of sp³-hybridized carbons (Fsp3) is 0.316. The molecular weight excluding hydrogens is 352 g/mol. The van der Waals surface area contributed by atoms with Crippen molar-refractivity contribution in [3.63, 3.8) is 0 Å². The second-order valence-corrected chi connectivity index (χ2v) is 8.72. The Morgan fingerprint density at radius 3 is 2.12 bits per heavy atom. The van der Waals surface area contributed by atoms with E-state index >= 15 is 0 Å². The summed E-state index contributed by atoms with van der Waals surface area (Å²) < 4.78 is 30.4. The van der Waals surface area contributed by atoms with Crippen molar-refractivity contribution >= 4 is 21.4 Å². The summed E-state index contributed by atoms with van der Waals surface area (Å²) in [5.41, 5.74) is 1.57. The van der Waals surface area contributed by atoms with E-state index in [1.54, 1.807) is 41.3 Å². The molecule has 26 heavy (non-hydrogen) atoms. The van der Waals surface area contributed by atoms with E-state index in [1.165, 1.54) is 7.11 Å². The molecule has 1 fully saturated rings. The van der Waals surface area contributed by atoms with Crippen LogP contribution in [0.1, 0.15) is 10.4 Å². The quantitative estimate of drug-likeness (QED) is 0.801. The number of rotatable bonds is 5. The molecule has 0 unspecified atom stereocenters. The highest BCUT2D eigenvalue weighted by Gasteiger charge is 2.40. The summed E-state index contributed by atoms with van der Waals surface area (Å²) >= 11 is 0. The molecular formula is C19H22N2O4S. The summed E-state index contributed by atoms with van der Waals surface area (Å²) in [6.45, 7) is 0.422. The molecule has 0 spiro atoms. The average molecular weight is 374 g/mol. The van der Waals surface area contributed by atoms with Gasteiger partial charge in [0.15, 0.2) is 9.84 Å². The zero-order chi connectivity index (χ0) is 18.9. The fourth-order valence-corrected chi connectivity index (χ4v) is 4.50. The predicted molar refractivity (Wildman–Crippen MR) is 101 cm³/mol. The van der Waals surface area contributed by atoms with E-state index in [2.05, 4.69) is 0 Å². The van der Waals surface area contributed by atoms with Gasteiger partial charge in [0.05, 0.1) is 12.0 Å². The molecule has 0 aliphatic carbocycles. The van der Waals surface area contributed by atoms with Crippen molar-refractivity contribution in [2.45, 2.75) is 10.1 Å². The summed E-state index contributed by atoms with van der Waals surface area (Å²) in [4.78, 5) is 16.3. The van der Waals surface area contributed by atoms with Gasteiger partial charge in [-0.3, -0.25) is 4.79 Å². The van der Waals surface area contributed by atoms with Crippen molar-refractivity contribution in [1.82, 2.24) is 4.90 Å². The molecule has 2 aromatic rings. The van der Waals surface area contributed by atoms with Crippen molar-refractivity contribution in [1.29, 1.82) is 0 Å². The second kappa shape index (κ2) is 6.99. The van der Waals surface area contributed by atoms with Crippen molar-refractivity contribution in [3.05, 3.63) is 54.1 Å². The molecule has 6 nitrogen and oxygen atoms in total. The van der Waals surface area contributed by atoms with E-state index in [4.69, 9.17) is 4.74 Å². The topological polar surface area (TPSA) is 66.9 Å². The van der Waals surface area contributed by atoms with Crippen LogP contribution in [0.2, 0.25) is 0 Å². The van der Waals surface area contributed by atoms with Crippen molar-refractivity contribution in [3.8, 4) is 5.75 Å². The number of carbonyl (C=O) groups is 1. The normalized spacial score (nSPS) is 14.7. The van der Waals surface area contributed by atoms with Gasteiger partial charge in [-0.15, -0.1) is 0 Å². The lowest BCUT2D eigenvalue weighted by Crippen LogP contribution is -2.56. The molecule has 138 valence electrons. The molecule has 1 heterocycles. The number of carbonyl (C=O) groups excluding carboxylic acids is 1. The molecule has 0 N–H and O–H groups in total. The molecule has 0 bridgehead atoms. The summed E-state index contributed by atoms with van der Waals surface area (Å²) in [6, 6.07) is 13.6. The highest BCUT2D eigenvalue weighted by atomic mass is 32.2. The number of hydrogen-bond donors (Lipinski definition) is 0. The number of nitrogens with zero attached hydrogens (tertiary/aromatic N) is 2. The van der Waals surface area contributed by atoms with Crippen LogP contribution in [0, 0.1) is 0 Å². The Bertz CT molecular complexity index is 884. The molecule has 1 aliphatic heterocycles. The third kappa shape index (κ3) is 3.39. The highest BCUT2D eigenvalue weighted by Crippen LogP contribution is 2.26. The van der Waals surface area contributed by atoms with Crippen LogP contribution in [-0.4, -0.2) is 58.8 Å². The maximum atomic E-state index is 12.7. The zero-order valence-corrected chi connectivity index (χ0v) is 15.9. The van der Waals surface area contributed by atoms with E-state index in [9.17, 15) is 13.2 Å². The Kier molecular flexibility index (Phi) is 4.91. The van der Waals surface area contributed by atoms with Crippen LogP contribution in [0.5, 0.6) is 5.75 Å². The lowest BCUT2D eigenvalue weighted by atomic mass is 10.1. The second-order valence-electron chi connectivity index (χ2n) is 6.49.